The van der Waals surface area contributed by atoms with Gasteiger partial charge in [-0.1, -0.05) is 35.9 Å². The zero-order chi connectivity index (χ0) is 15.2. The summed E-state index contributed by atoms with van der Waals surface area (Å²) in [4.78, 5) is 0. The van der Waals surface area contributed by atoms with Gasteiger partial charge in [-0.05, 0) is 36.6 Å². The number of nitrogens with two attached hydrogens (primary N) is 1. The lowest BCUT2D eigenvalue weighted by Crippen LogP contribution is -2.38. The molecule has 3 N–H and O–H groups in total. The normalized spacial score (nSPS) is 12.2. The highest BCUT2D eigenvalue weighted by molar-refractivity contribution is 6.31. The quantitative estimate of drug-likeness (QED) is 0.637. The maximum Gasteiger partial charge on any atom is 0.127 e. The molecule has 5 heteroatoms. The van der Waals surface area contributed by atoms with Crippen LogP contribution in [0.1, 0.15) is 11.1 Å². The minimum absolute atomic E-state index is 0.143. The highest BCUT2D eigenvalue weighted by atomic mass is 35.5. The number of nitrogens with one attached hydrogen (secondary N) is 1. The molecule has 0 heterocycles. The molecule has 2 aromatic rings. The SMILES string of the molecule is COc1ccccc1CC(Cc1c(F)cccc1Cl)NN. The molecule has 0 saturated heterocycles. The zero-order valence-electron chi connectivity index (χ0n) is 11.8. The molecule has 0 spiro atoms. The van der Waals surface area contributed by atoms with Crippen LogP contribution in [-0.2, 0) is 12.8 Å². The van der Waals surface area contributed by atoms with Crippen LogP contribution in [0.3, 0.4) is 0 Å². The maximum absolute atomic E-state index is 13.9. The highest BCUT2D eigenvalue weighted by Gasteiger charge is 2.16. The molecule has 0 aliphatic carbocycles. The van der Waals surface area contributed by atoms with E-state index >= 15 is 0 Å². The number of hydrazine groups is 1. The van der Waals surface area contributed by atoms with Crippen LogP contribution < -0.4 is 16.0 Å². The van der Waals surface area contributed by atoms with E-state index in [0.717, 1.165) is 11.3 Å². The lowest BCUT2D eigenvalue weighted by molar-refractivity contribution is 0.404. The third-order valence-corrected chi connectivity index (χ3v) is 3.76. The summed E-state index contributed by atoms with van der Waals surface area (Å²) >= 11 is 6.06. The maximum atomic E-state index is 13.9. The minimum atomic E-state index is -0.317. The summed E-state index contributed by atoms with van der Waals surface area (Å²) in [7, 11) is 1.62. The molecule has 0 aromatic heterocycles. The molecule has 0 radical (unpaired) electrons. The summed E-state index contributed by atoms with van der Waals surface area (Å²) in [6.45, 7) is 0. The molecule has 2 rings (SSSR count). The van der Waals surface area contributed by atoms with Crippen molar-refractivity contribution in [3.05, 3.63) is 64.4 Å². The van der Waals surface area contributed by atoms with Gasteiger partial charge in [0.1, 0.15) is 11.6 Å². The highest BCUT2D eigenvalue weighted by Crippen LogP contribution is 2.23. The minimum Gasteiger partial charge on any atom is -0.496 e. The van der Waals surface area contributed by atoms with Crippen molar-refractivity contribution in [2.24, 2.45) is 5.84 Å². The van der Waals surface area contributed by atoms with Crippen molar-refractivity contribution in [1.29, 1.82) is 0 Å². The molecule has 0 aliphatic rings. The summed E-state index contributed by atoms with van der Waals surface area (Å²) in [5, 5.41) is 0.412. The van der Waals surface area contributed by atoms with Gasteiger partial charge < -0.3 is 4.74 Å². The average molecular weight is 309 g/mol. The van der Waals surface area contributed by atoms with Gasteiger partial charge in [-0.15, -0.1) is 0 Å². The summed E-state index contributed by atoms with van der Waals surface area (Å²) < 4.78 is 19.2. The van der Waals surface area contributed by atoms with Gasteiger partial charge in [-0.3, -0.25) is 11.3 Å². The van der Waals surface area contributed by atoms with Crippen LogP contribution in [0.4, 0.5) is 4.39 Å². The van der Waals surface area contributed by atoms with Crippen LogP contribution in [0.25, 0.3) is 0 Å². The largest absolute Gasteiger partial charge is 0.496 e. The Bertz CT molecular complexity index is 586. The second kappa shape index (κ2) is 7.41. The Hall–Kier alpha value is -1.62. The first-order valence-corrected chi connectivity index (χ1v) is 7.04. The van der Waals surface area contributed by atoms with Crippen molar-refractivity contribution in [1.82, 2.24) is 5.43 Å². The van der Waals surface area contributed by atoms with E-state index in [4.69, 9.17) is 22.2 Å². The fourth-order valence-corrected chi connectivity index (χ4v) is 2.54. The van der Waals surface area contributed by atoms with Crippen LogP contribution in [0.15, 0.2) is 42.5 Å². The number of rotatable bonds is 6. The first-order chi connectivity index (χ1) is 10.2. The molecular weight excluding hydrogens is 291 g/mol. The second-order valence-electron chi connectivity index (χ2n) is 4.78. The summed E-state index contributed by atoms with van der Waals surface area (Å²) in [5.41, 5.74) is 4.20. The topological polar surface area (TPSA) is 47.3 Å². The Morgan fingerprint density at radius 2 is 1.95 bits per heavy atom. The lowest BCUT2D eigenvalue weighted by Gasteiger charge is -2.18. The van der Waals surface area contributed by atoms with Gasteiger partial charge in [0.05, 0.1) is 7.11 Å². The molecule has 0 aliphatic heterocycles. The summed E-state index contributed by atoms with van der Waals surface area (Å²) in [6.07, 6.45) is 1.02. The standard InChI is InChI=1S/C16H18ClFN2O/c1-21-16-8-3-2-5-11(16)9-12(20-19)10-13-14(17)6-4-7-15(13)18/h2-8,12,20H,9-10,19H2,1H3. The van der Waals surface area contributed by atoms with E-state index in [-0.39, 0.29) is 11.9 Å². The Morgan fingerprint density at radius 3 is 2.62 bits per heavy atom. The van der Waals surface area contributed by atoms with Crippen molar-refractivity contribution < 1.29 is 9.13 Å². The van der Waals surface area contributed by atoms with Crippen molar-refractivity contribution in [3.8, 4) is 5.75 Å². The predicted octanol–water partition coefficient (Wildman–Crippen LogP) is 3.10. The molecule has 112 valence electrons. The zero-order valence-corrected chi connectivity index (χ0v) is 12.5. The Balaban J connectivity index is 2.17. The van der Waals surface area contributed by atoms with E-state index < -0.39 is 0 Å². The molecule has 21 heavy (non-hydrogen) atoms. The van der Waals surface area contributed by atoms with Gasteiger partial charge >= 0.3 is 0 Å². The van der Waals surface area contributed by atoms with E-state index in [1.807, 2.05) is 24.3 Å². The molecule has 1 atom stereocenters. The number of para-hydroxylation sites is 1. The van der Waals surface area contributed by atoms with Gasteiger partial charge in [0.2, 0.25) is 0 Å². The van der Waals surface area contributed by atoms with Crippen LogP contribution in [0.2, 0.25) is 5.02 Å². The van der Waals surface area contributed by atoms with Crippen molar-refractivity contribution >= 4 is 11.6 Å². The van der Waals surface area contributed by atoms with Crippen LogP contribution >= 0.6 is 11.6 Å². The van der Waals surface area contributed by atoms with Gasteiger partial charge in [-0.2, -0.15) is 0 Å². The smallest absolute Gasteiger partial charge is 0.127 e. The third kappa shape index (κ3) is 3.94. The molecule has 3 nitrogen and oxygen atoms in total. The van der Waals surface area contributed by atoms with Gasteiger partial charge in [-0.25, -0.2) is 4.39 Å². The number of halogens is 2. The molecule has 2 aromatic carbocycles. The van der Waals surface area contributed by atoms with Gasteiger partial charge in [0.25, 0.3) is 0 Å². The van der Waals surface area contributed by atoms with Crippen molar-refractivity contribution in [2.45, 2.75) is 18.9 Å². The predicted molar refractivity (Wildman–Crippen MR) is 82.9 cm³/mol. The molecule has 0 fully saturated rings. The van der Waals surface area contributed by atoms with Crippen LogP contribution in [0.5, 0.6) is 5.75 Å². The second-order valence-corrected chi connectivity index (χ2v) is 5.19. The van der Waals surface area contributed by atoms with E-state index in [1.165, 1.54) is 6.07 Å². The number of ether oxygens (including phenoxy) is 1. The average Bonchev–Trinajstić information content (AvgIpc) is 2.50. The van der Waals surface area contributed by atoms with Crippen molar-refractivity contribution in [3.63, 3.8) is 0 Å². The Morgan fingerprint density at radius 1 is 1.19 bits per heavy atom. The number of hydrogen-bond donors (Lipinski definition) is 2. The number of hydrogen-bond acceptors (Lipinski definition) is 3. The fourth-order valence-electron chi connectivity index (χ4n) is 2.30. The first-order valence-electron chi connectivity index (χ1n) is 6.66. The van der Waals surface area contributed by atoms with Gasteiger partial charge in [0.15, 0.2) is 0 Å². The van der Waals surface area contributed by atoms with Crippen LogP contribution in [0, 0.1) is 5.82 Å². The van der Waals surface area contributed by atoms with E-state index in [9.17, 15) is 4.39 Å². The van der Waals surface area contributed by atoms with E-state index in [1.54, 1.807) is 19.2 Å². The van der Waals surface area contributed by atoms with Gasteiger partial charge in [0, 0.05) is 16.6 Å². The third-order valence-electron chi connectivity index (χ3n) is 3.41. The summed E-state index contributed by atoms with van der Waals surface area (Å²) in [6, 6.07) is 12.2. The van der Waals surface area contributed by atoms with Crippen LogP contribution in [-0.4, -0.2) is 13.2 Å². The Labute approximate surface area is 128 Å². The molecule has 0 amide bonds. The molecule has 1 unspecified atom stereocenters. The van der Waals surface area contributed by atoms with Crippen molar-refractivity contribution in [2.75, 3.05) is 7.11 Å². The lowest BCUT2D eigenvalue weighted by atomic mass is 9.98. The van der Waals surface area contributed by atoms with E-state index in [0.29, 0.717) is 23.4 Å². The van der Waals surface area contributed by atoms with E-state index in [2.05, 4.69) is 5.43 Å². The summed E-state index contributed by atoms with van der Waals surface area (Å²) in [5.74, 6) is 6.08. The molecular formula is C16H18ClFN2O. The molecule has 0 bridgehead atoms. The number of methoxy groups -OCH3 is 1. The Kier molecular flexibility index (Phi) is 5.56. The first kappa shape index (κ1) is 15.8. The fraction of sp³-hybridized carbons (Fsp3) is 0.250. The monoisotopic (exact) mass is 308 g/mol. The number of benzene rings is 2. The molecule has 0 saturated carbocycles.